The van der Waals surface area contributed by atoms with E-state index in [1.54, 1.807) is 0 Å². The fourth-order valence-corrected chi connectivity index (χ4v) is 3.21. The topological polar surface area (TPSA) is 67.2 Å². The van der Waals surface area contributed by atoms with Gasteiger partial charge < -0.3 is 16.4 Å². The molecule has 0 radical (unpaired) electrons. The maximum atomic E-state index is 12.2. The average Bonchev–Trinajstić information content (AvgIpc) is 2.39. The summed E-state index contributed by atoms with van der Waals surface area (Å²) >= 11 is 0. The summed E-state index contributed by atoms with van der Waals surface area (Å²) in [5, 5.41) is 6.68. The monoisotopic (exact) mass is 253 g/mol. The zero-order valence-electron chi connectivity index (χ0n) is 11.5. The number of carbonyl (C=O) groups excluding carboxylic acids is 1. The van der Waals surface area contributed by atoms with E-state index in [2.05, 4.69) is 17.6 Å². The Balaban J connectivity index is 1.78. The quantitative estimate of drug-likeness (QED) is 0.707. The van der Waals surface area contributed by atoms with Gasteiger partial charge in [-0.15, -0.1) is 0 Å². The van der Waals surface area contributed by atoms with Crippen LogP contribution in [0.1, 0.15) is 51.9 Å². The van der Waals surface area contributed by atoms with Crippen LogP contribution in [0.15, 0.2) is 0 Å². The lowest BCUT2D eigenvalue weighted by atomic mass is 9.85. The van der Waals surface area contributed by atoms with Crippen molar-refractivity contribution in [2.24, 2.45) is 11.7 Å². The number of hydrogen-bond donors (Lipinski definition) is 3. The number of rotatable bonds is 3. The molecule has 2 aliphatic rings. The Kier molecular flexibility index (Phi) is 5.01. The van der Waals surface area contributed by atoms with Crippen LogP contribution in [0.25, 0.3) is 0 Å². The van der Waals surface area contributed by atoms with Crippen molar-refractivity contribution in [2.45, 2.75) is 70.0 Å². The lowest BCUT2D eigenvalue weighted by Gasteiger charge is -2.32. The molecule has 2 fully saturated rings. The highest BCUT2D eigenvalue weighted by Gasteiger charge is 2.28. The van der Waals surface area contributed by atoms with Gasteiger partial charge in [-0.3, -0.25) is 4.79 Å². The SMILES string of the molecule is C[C@H](NC(=O)[C@@H]1CCC[C@@H](N)C1)[C@H]1CCCCN1. The molecule has 4 N–H and O–H groups in total. The van der Waals surface area contributed by atoms with Gasteiger partial charge in [0.1, 0.15) is 0 Å². The molecule has 4 nitrogen and oxygen atoms in total. The van der Waals surface area contributed by atoms with Crippen molar-refractivity contribution in [3.8, 4) is 0 Å². The largest absolute Gasteiger partial charge is 0.352 e. The molecule has 1 saturated carbocycles. The lowest BCUT2D eigenvalue weighted by molar-refractivity contribution is -0.127. The predicted molar refractivity (Wildman–Crippen MR) is 73.2 cm³/mol. The second-order valence-electron chi connectivity index (χ2n) is 5.98. The second kappa shape index (κ2) is 6.53. The van der Waals surface area contributed by atoms with Crippen LogP contribution in [0.5, 0.6) is 0 Å². The van der Waals surface area contributed by atoms with Crippen LogP contribution in [0.3, 0.4) is 0 Å². The number of carbonyl (C=O) groups is 1. The second-order valence-corrected chi connectivity index (χ2v) is 5.98. The normalized spacial score (nSPS) is 34.9. The van der Waals surface area contributed by atoms with Crippen LogP contribution in [0.2, 0.25) is 0 Å². The maximum absolute atomic E-state index is 12.2. The first-order valence-corrected chi connectivity index (χ1v) is 7.46. The Morgan fingerprint density at radius 1 is 1.28 bits per heavy atom. The molecule has 0 spiro atoms. The summed E-state index contributed by atoms with van der Waals surface area (Å²) in [7, 11) is 0. The molecule has 4 heteroatoms. The Bertz CT molecular complexity index is 276. The van der Waals surface area contributed by atoms with Gasteiger partial charge in [0.05, 0.1) is 0 Å². The minimum absolute atomic E-state index is 0.139. The van der Waals surface area contributed by atoms with Crippen molar-refractivity contribution in [1.82, 2.24) is 10.6 Å². The van der Waals surface area contributed by atoms with Gasteiger partial charge in [-0.1, -0.05) is 12.8 Å². The molecule has 104 valence electrons. The molecule has 1 heterocycles. The van der Waals surface area contributed by atoms with Crippen molar-refractivity contribution in [1.29, 1.82) is 0 Å². The van der Waals surface area contributed by atoms with E-state index >= 15 is 0 Å². The molecule has 2 rings (SSSR count). The first kappa shape index (κ1) is 13.8. The van der Waals surface area contributed by atoms with E-state index in [0.717, 1.165) is 32.2 Å². The highest BCUT2D eigenvalue weighted by molar-refractivity contribution is 5.79. The van der Waals surface area contributed by atoms with Gasteiger partial charge in [0.2, 0.25) is 5.91 Å². The molecule has 0 unspecified atom stereocenters. The minimum atomic E-state index is 0.139. The molecule has 0 aromatic heterocycles. The molecular formula is C14H27N3O. The van der Waals surface area contributed by atoms with E-state index in [9.17, 15) is 4.79 Å². The van der Waals surface area contributed by atoms with E-state index in [4.69, 9.17) is 5.73 Å². The molecule has 0 aromatic rings. The Hall–Kier alpha value is -0.610. The predicted octanol–water partition coefficient (Wildman–Crippen LogP) is 1.15. The fraction of sp³-hybridized carbons (Fsp3) is 0.929. The number of amides is 1. The zero-order valence-corrected chi connectivity index (χ0v) is 11.5. The van der Waals surface area contributed by atoms with E-state index in [1.165, 1.54) is 19.3 Å². The molecule has 0 bridgehead atoms. The number of piperidine rings is 1. The summed E-state index contributed by atoms with van der Waals surface area (Å²) < 4.78 is 0. The number of hydrogen-bond acceptors (Lipinski definition) is 3. The molecule has 0 aromatic carbocycles. The first-order valence-electron chi connectivity index (χ1n) is 7.46. The van der Waals surface area contributed by atoms with E-state index in [-0.39, 0.29) is 23.9 Å². The molecule has 4 atom stereocenters. The summed E-state index contributed by atoms with van der Waals surface area (Å²) in [5.41, 5.74) is 5.94. The van der Waals surface area contributed by atoms with E-state index < -0.39 is 0 Å². The maximum Gasteiger partial charge on any atom is 0.223 e. The van der Waals surface area contributed by atoms with E-state index in [1.807, 2.05) is 0 Å². The molecule has 18 heavy (non-hydrogen) atoms. The number of nitrogens with two attached hydrogens (primary N) is 1. The molecule has 1 aliphatic carbocycles. The van der Waals surface area contributed by atoms with Gasteiger partial charge in [-0.05, 0) is 45.6 Å². The summed E-state index contributed by atoms with van der Waals surface area (Å²) in [4.78, 5) is 12.2. The Morgan fingerprint density at radius 3 is 2.78 bits per heavy atom. The Morgan fingerprint density at radius 2 is 2.11 bits per heavy atom. The van der Waals surface area contributed by atoms with Crippen molar-refractivity contribution in [3.63, 3.8) is 0 Å². The Labute approximate surface area is 110 Å². The van der Waals surface area contributed by atoms with Crippen LogP contribution < -0.4 is 16.4 Å². The van der Waals surface area contributed by atoms with Crippen molar-refractivity contribution in [2.75, 3.05) is 6.54 Å². The van der Waals surface area contributed by atoms with Crippen LogP contribution in [0, 0.1) is 5.92 Å². The van der Waals surface area contributed by atoms with Crippen LogP contribution >= 0.6 is 0 Å². The average molecular weight is 253 g/mol. The van der Waals surface area contributed by atoms with Gasteiger partial charge in [-0.2, -0.15) is 0 Å². The van der Waals surface area contributed by atoms with Gasteiger partial charge in [-0.25, -0.2) is 0 Å². The molecule has 1 aliphatic heterocycles. The molecular weight excluding hydrogens is 226 g/mol. The number of nitrogens with one attached hydrogen (secondary N) is 2. The fourth-order valence-electron chi connectivity index (χ4n) is 3.21. The summed E-state index contributed by atoms with van der Waals surface area (Å²) in [6, 6.07) is 0.897. The minimum Gasteiger partial charge on any atom is -0.352 e. The van der Waals surface area contributed by atoms with Gasteiger partial charge in [0.25, 0.3) is 0 Å². The third kappa shape index (κ3) is 3.69. The highest BCUT2D eigenvalue weighted by atomic mass is 16.1. The van der Waals surface area contributed by atoms with Gasteiger partial charge in [0, 0.05) is 24.0 Å². The van der Waals surface area contributed by atoms with Crippen molar-refractivity contribution in [3.05, 3.63) is 0 Å². The molecule has 1 saturated heterocycles. The van der Waals surface area contributed by atoms with Crippen molar-refractivity contribution < 1.29 is 4.79 Å². The highest BCUT2D eigenvalue weighted by Crippen LogP contribution is 2.23. The van der Waals surface area contributed by atoms with Crippen LogP contribution in [0.4, 0.5) is 0 Å². The third-order valence-electron chi connectivity index (χ3n) is 4.41. The molecule has 1 amide bonds. The third-order valence-corrected chi connectivity index (χ3v) is 4.41. The van der Waals surface area contributed by atoms with E-state index in [0.29, 0.717) is 6.04 Å². The summed E-state index contributed by atoms with van der Waals surface area (Å²) in [6.07, 6.45) is 7.73. The van der Waals surface area contributed by atoms with Crippen molar-refractivity contribution >= 4 is 5.91 Å². The summed E-state index contributed by atoms with van der Waals surface area (Å²) in [6.45, 7) is 3.20. The first-order chi connectivity index (χ1) is 8.66. The smallest absolute Gasteiger partial charge is 0.223 e. The zero-order chi connectivity index (χ0) is 13.0. The standard InChI is InChI=1S/C14H27N3O/c1-10(13-7-2-3-8-16-13)17-14(18)11-5-4-6-12(15)9-11/h10-13,16H,2-9,15H2,1H3,(H,17,18)/t10-,11+,12+,13+/m0/s1. The lowest BCUT2D eigenvalue weighted by Crippen LogP contribution is -2.52. The van der Waals surface area contributed by atoms with Gasteiger partial charge >= 0.3 is 0 Å². The summed E-state index contributed by atoms with van der Waals surface area (Å²) in [5.74, 6) is 0.352. The van der Waals surface area contributed by atoms with Crippen LogP contribution in [-0.4, -0.2) is 30.6 Å². The van der Waals surface area contributed by atoms with Crippen LogP contribution in [-0.2, 0) is 4.79 Å². The van der Waals surface area contributed by atoms with Gasteiger partial charge in [0.15, 0.2) is 0 Å².